The lowest BCUT2D eigenvalue weighted by Gasteiger charge is -2.14. The summed E-state index contributed by atoms with van der Waals surface area (Å²) in [6.45, 7) is 4.52. The van der Waals surface area contributed by atoms with Crippen LogP contribution in [0.15, 0.2) is 18.2 Å². The van der Waals surface area contributed by atoms with Crippen LogP contribution in [-0.2, 0) is 9.47 Å². The Morgan fingerprint density at radius 1 is 1.29 bits per heavy atom. The molecule has 1 unspecified atom stereocenters. The summed E-state index contributed by atoms with van der Waals surface area (Å²) in [5, 5.41) is 12.9. The number of rotatable bonds is 11. The molecule has 1 rings (SSSR count). The molecular formula is C15H23FINO3. The molecular weight excluding hydrogens is 388 g/mol. The smallest absolute Gasteiger partial charge is 0.124 e. The van der Waals surface area contributed by atoms with Gasteiger partial charge in [0.2, 0.25) is 0 Å². The number of benzene rings is 1. The third-order valence-electron chi connectivity index (χ3n) is 2.78. The molecule has 120 valence electrons. The van der Waals surface area contributed by atoms with Crippen molar-refractivity contribution in [3.05, 3.63) is 27.6 Å². The number of halogens is 2. The summed E-state index contributed by atoms with van der Waals surface area (Å²) in [6, 6.07) is 4.49. The topological polar surface area (TPSA) is 50.7 Å². The van der Waals surface area contributed by atoms with Crippen molar-refractivity contribution < 1.29 is 19.0 Å². The van der Waals surface area contributed by atoms with E-state index in [0.29, 0.717) is 19.8 Å². The number of anilines is 1. The van der Waals surface area contributed by atoms with Gasteiger partial charge in [0.05, 0.1) is 25.9 Å². The molecule has 1 aromatic rings. The van der Waals surface area contributed by atoms with Gasteiger partial charge in [-0.05, 0) is 47.2 Å². The second-order valence-corrected chi connectivity index (χ2v) is 5.86. The van der Waals surface area contributed by atoms with E-state index in [1.807, 2.05) is 0 Å². The number of aliphatic hydroxyl groups excluding tert-OH is 1. The first-order valence-electron chi connectivity index (χ1n) is 7.16. The van der Waals surface area contributed by atoms with Crippen molar-refractivity contribution in [1.82, 2.24) is 0 Å². The number of unbranched alkanes of at least 4 members (excludes halogenated alkanes) is 1. The highest BCUT2D eigenvalue weighted by atomic mass is 127. The van der Waals surface area contributed by atoms with Gasteiger partial charge in [-0.1, -0.05) is 13.3 Å². The van der Waals surface area contributed by atoms with Crippen LogP contribution in [0.3, 0.4) is 0 Å². The Hall–Kier alpha value is -0.440. The predicted octanol–water partition coefficient (Wildman–Crippen LogP) is 3.04. The summed E-state index contributed by atoms with van der Waals surface area (Å²) in [5.41, 5.74) is 0.805. The zero-order valence-corrected chi connectivity index (χ0v) is 14.4. The van der Waals surface area contributed by atoms with E-state index < -0.39 is 6.10 Å². The van der Waals surface area contributed by atoms with Crippen molar-refractivity contribution in [2.24, 2.45) is 0 Å². The van der Waals surface area contributed by atoms with Crippen LogP contribution in [0.4, 0.5) is 10.1 Å². The molecule has 0 bridgehead atoms. The van der Waals surface area contributed by atoms with E-state index in [0.717, 1.165) is 28.7 Å². The maximum absolute atomic E-state index is 12.9. The van der Waals surface area contributed by atoms with Gasteiger partial charge in [0.25, 0.3) is 0 Å². The van der Waals surface area contributed by atoms with Gasteiger partial charge in [-0.25, -0.2) is 4.39 Å². The lowest BCUT2D eigenvalue weighted by Crippen LogP contribution is -2.26. The second kappa shape index (κ2) is 11.2. The highest BCUT2D eigenvalue weighted by Gasteiger charge is 2.06. The van der Waals surface area contributed by atoms with Crippen LogP contribution in [-0.4, -0.2) is 44.2 Å². The molecule has 0 saturated carbocycles. The van der Waals surface area contributed by atoms with Crippen LogP contribution in [0.25, 0.3) is 0 Å². The number of nitrogens with one attached hydrogen (secondary N) is 1. The minimum absolute atomic E-state index is 0.252. The van der Waals surface area contributed by atoms with Crippen LogP contribution in [0.1, 0.15) is 19.8 Å². The van der Waals surface area contributed by atoms with E-state index in [9.17, 15) is 9.50 Å². The first-order chi connectivity index (χ1) is 10.1. The summed E-state index contributed by atoms with van der Waals surface area (Å²) in [4.78, 5) is 0. The SMILES string of the molecule is CCCCOCCOCC(O)CNc1ccc(F)cc1I. The number of hydrogen-bond acceptors (Lipinski definition) is 4. The third-order valence-corrected chi connectivity index (χ3v) is 3.68. The molecule has 0 radical (unpaired) electrons. The van der Waals surface area contributed by atoms with Crippen molar-refractivity contribution in [1.29, 1.82) is 0 Å². The van der Waals surface area contributed by atoms with Gasteiger partial charge in [0, 0.05) is 22.4 Å². The average Bonchev–Trinajstić information content (AvgIpc) is 2.45. The van der Waals surface area contributed by atoms with Gasteiger partial charge in [-0.15, -0.1) is 0 Å². The quantitative estimate of drug-likeness (QED) is 0.434. The number of aliphatic hydroxyl groups is 1. The van der Waals surface area contributed by atoms with Gasteiger partial charge in [-0.2, -0.15) is 0 Å². The van der Waals surface area contributed by atoms with Crippen molar-refractivity contribution in [2.75, 3.05) is 38.3 Å². The van der Waals surface area contributed by atoms with Crippen LogP contribution >= 0.6 is 22.6 Å². The highest BCUT2D eigenvalue weighted by molar-refractivity contribution is 14.1. The van der Waals surface area contributed by atoms with Crippen molar-refractivity contribution in [3.8, 4) is 0 Å². The van der Waals surface area contributed by atoms with Gasteiger partial charge in [0.1, 0.15) is 5.82 Å². The minimum Gasteiger partial charge on any atom is -0.389 e. The van der Waals surface area contributed by atoms with Crippen molar-refractivity contribution in [2.45, 2.75) is 25.9 Å². The first kappa shape index (κ1) is 18.6. The summed E-state index contributed by atoms with van der Waals surface area (Å²) < 4.78 is 24.4. The lowest BCUT2D eigenvalue weighted by atomic mass is 10.3. The average molecular weight is 411 g/mol. The Balaban J connectivity index is 2.09. The zero-order chi connectivity index (χ0) is 15.5. The molecule has 1 aromatic carbocycles. The minimum atomic E-state index is -0.610. The van der Waals surface area contributed by atoms with Gasteiger partial charge < -0.3 is 19.9 Å². The standard InChI is InChI=1S/C15H23FINO3/c1-2-3-6-20-7-8-21-11-13(19)10-18-15-5-4-12(16)9-14(15)17/h4-5,9,13,18-19H,2-3,6-8,10-11H2,1H3. The van der Waals surface area contributed by atoms with Crippen LogP contribution in [0, 0.1) is 9.39 Å². The highest BCUT2D eigenvalue weighted by Crippen LogP contribution is 2.18. The van der Waals surface area contributed by atoms with E-state index in [1.54, 1.807) is 6.07 Å². The fourth-order valence-corrected chi connectivity index (χ4v) is 2.27. The molecule has 2 N–H and O–H groups in total. The van der Waals surface area contributed by atoms with E-state index in [-0.39, 0.29) is 12.4 Å². The zero-order valence-electron chi connectivity index (χ0n) is 12.3. The van der Waals surface area contributed by atoms with Gasteiger partial charge in [0.15, 0.2) is 0 Å². The van der Waals surface area contributed by atoms with Crippen molar-refractivity contribution >= 4 is 28.3 Å². The number of ether oxygens (including phenoxy) is 2. The summed E-state index contributed by atoms with van der Waals surface area (Å²) in [7, 11) is 0. The largest absolute Gasteiger partial charge is 0.389 e. The van der Waals surface area contributed by atoms with Gasteiger partial charge in [-0.3, -0.25) is 0 Å². The third kappa shape index (κ3) is 8.55. The summed E-state index contributed by atoms with van der Waals surface area (Å²) in [6.07, 6.45) is 1.57. The molecule has 0 saturated heterocycles. The van der Waals surface area contributed by atoms with Crippen molar-refractivity contribution in [3.63, 3.8) is 0 Å². The number of hydrogen-bond donors (Lipinski definition) is 2. The van der Waals surface area contributed by atoms with E-state index in [2.05, 4.69) is 34.8 Å². The lowest BCUT2D eigenvalue weighted by molar-refractivity contribution is 0.00749. The summed E-state index contributed by atoms with van der Waals surface area (Å²) in [5.74, 6) is -0.267. The monoisotopic (exact) mass is 411 g/mol. The van der Waals surface area contributed by atoms with Crippen LogP contribution in [0.2, 0.25) is 0 Å². The Morgan fingerprint density at radius 3 is 2.76 bits per heavy atom. The van der Waals surface area contributed by atoms with Crippen LogP contribution < -0.4 is 5.32 Å². The fraction of sp³-hybridized carbons (Fsp3) is 0.600. The first-order valence-corrected chi connectivity index (χ1v) is 8.23. The van der Waals surface area contributed by atoms with E-state index in [4.69, 9.17) is 9.47 Å². The normalized spacial score (nSPS) is 12.4. The van der Waals surface area contributed by atoms with E-state index in [1.165, 1.54) is 12.1 Å². The molecule has 0 fully saturated rings. The van der Waals surface area contributed by atoms with Gasteiger partial charge >= 0.3 is 0 Å². The molecule has 21 heavy (non-hydrogen) atoms. The molecule has 0 amide bonds. The molecule has 0 aromatic heterocycles. The maximum Gasteiger partial charge on any atom is 0.124 e. The molecule has 0 aliphatic heterocycles. The summed E-state index contributed by atoms with van der Waals surface area (Å²) >= 11 is 2.05. The molecule has 0 aliphatic carbocycles. The fourth-order valence-electron chi connectivity index (χ4n) is 1.61. The second-order valence-electron chi connectivity index (χ2n) is 4.70. The molecule has 4 nitrogen and oxygen atoms in total. The van der Waals surface area contributed by atoms with Crippen LogP contribution in [0.5, 0.6) is 0 Å². The molecule has 0 heterocycles. The molecule has 6 heteroatoms. The predicted molar refractivity (Wildman–Crippen MR) is 90.2 cm³/mol. The Bertz CT molecular complexity index is 407. The molecule has 0 spiro atoms. The molecule has 1 atom stereocenters. The maximum atomic E-state index is 12.9. The Labute approximate surface area is 139 Å². The Morgan fingerprint density at radius 2 is 2.05 bits per heavy atom. The Kier molecular flexibility index (Phi) is 9.90. The molecule has 0 aliphatic rings. The van der Waals surface area contributed by atoms with E-state index >= 15 is 0 Å².